The van der Waals surface area contributed by atoms with Crippen LogP contribution in [-0.4, -0.2) is 11.4 Å². The van der Waals surface area contributed by atoms with Crippen LogP contribution in [0.3, 0.4) is 0 Å². The van der Waals surface area contributed by atoms with Crippen LogP contribution in [0.15, 0.2) is 59.1 Å². The Kier molecular flexibility index (Phi) is 4.54. The lowest BCUT2D eigenvalue weighted by atomic mass is 9.95. The van der Waals surface area contributed by atoms with E-state index in [1.807, 2.05) is 0 Å². The Morgan fingerprint density at radius 3 is 2.45 bits per heavy atom. The van der Waals surface area contributed by atoms with E-state index in [1.54, 1.807) is 0 Å². The minimum Gasteiger partial charge on any atom is -0.292 e. The molecule has 1 saturated heterocycles. The highest BCUT2D eigenvalue weighted by molar-refractivity contribution is 9.10. The molecule has 1 fully saturated rings. The maximum absolute atomic E-state index is 3.52. The Morgan fingerprint density at radius 2 is 1.70 bits per heavy atom. The summed E-state index contributed by atoms with van der Waals surface area (Å²) in [4.78, 5) is 2.63. The Bertz CT molecular complexity index is 535. The lowest BCUT2D eigenvalue weighted by Crippen LogP contribution is -2.32. The molecular formula is C18H20BrN. The first-order valence-electron chi connectivity index (χ1n) is 7.36. The molecule has 0 spiro atoms. The lowest BCUT2D eigenvalue weighted by molar-refractivity contribution is 0.140. The minimum atomic E-state index is 0.567. The van der Waals surface area contributed by atoms with Crippen molar-refractivity contribution in [2.75, 3.05) is 6.54 Å². The van der Waals surface area contributed by atoms with Gasteiger partial charge in [0.2, 0.25) is 0 Å². The average molecular weight is 330 g/mol. The molecule has 1 nitrogen and oxygen atoms in total. The zero-order valence-corrected chi connectivity index (χ0v) is 13.2. The maximum Gasteiger partial charge on any atom is 0.0351 e. The van der Waals surface area contributed by atoms with Crippen molar-refractivity contribution in [1.82, 2.24) is 4.90 Å². The summed E-state index contributed by atoms with van der Waals surface area (Å²) in [6, 6.07) is 20.2. The van der Waals surface area contributed by atoms with Crippen molar-refractivity contribution in [3.8, 4) is 0 Å². The molecule has 104 valence electrons. The first kappa shape index (κ1) is 13.8. The average Bonchev–Trinajstić information content (AvgIpc) is 2.50. The quantitative estimate of drug-likeness (QED) is 0.750. The van der Waals surface area contributed by atoms with E-state index in [1.165, 1.54) is 36.9 Å². The van der Waals surface area contributed by atoms with Gasteiger partial charge in [0.25, 0.3) is 0 Å². The van der Waals surface area contributed by atoms with E-state index in [4.69, 9.17) is 0 Å². The monoisotopic (exact) mass is 329 g/mol. The molecule has 0 N–H and O–H groups in total. The molecule has 1 atom stereocenters. The molecule has 2 aromatic rings. The number of likely N-dealkylation sites (tertiary alicyclic amines) is 1. The van der Waals surface area contributed by atoms with Crippen molar-refractivity contribution < 1.29 is 0 Å². The fourth-order valence-electron chi connectivity index (χ4n) is 3.06. The highest BCUT2D eigenvalue weighted by atomic mass is 79.9. The summed E-state index contributed by atoms with van der Waals surface area (Å²) in [7, 11) is 0. The first-order valence-corrected chi connectivity index (χ1v) is 8.16. The summed E-state index contributed by atoms with van der Waals surface area (Å²) in [5.41, 5.74) is 2.86. The van der Waals surface area contributed by atoms with Gasteiger partial charge in [-0.05, 0) is 42.6 Å². The molecule has 0 bridgehead atoms. The summed E-state index contributed by atoms with van der Waals surface area (Å²) in [5, 5.41) is 0. The van der Waals surface area contributed by atoms with Crippen LogP contribution in [0.5, 0.6) is 0 Å². The predicted molar refractivity (Wildman–Crippen MR) is 87.6 cm³/mol. The van der Waals surface area contributed by atoms with Crippen LogP contribution in [0, 0.1) is 0 Å². The third kappa shape index (κ3) is 3.31. The van der Waals surface area contributed by atoms with Crippen molar-refractivity contribution >= 4 is 15.9 Å². The second-order valence-corrected chi connectivity index (χ2v) is 6.43. The number of nitrogens with zero attached hydrogens (tertiary/aromatic N) is 1. The molecular weight excluding hydrogens is 310 g/mol. The van der Waals surface area contributed by atoms with Crippen molar-refractivity contribution in [1.29, 1.82) is 0 Å². The Balaban J connectivity index is 1.78. The molecule has 0 radical (unpaired) electrons. The van der Waals surface area contributed by atoms with Gasteiger partial charge in [-0.25, -0.2) is 0 Å². The second-order valence-electron chi connectivity index (χ2n) is 5.52. The molecule has 1 aliphatic rings. The highest BCUT2D eigenvalue weighted by Crippen LogP contribution is 2.32. The summed E-state index contributed by atoms with van der Waals surface area (Å²) in [5.74, 6) is 0. The molecule has 0 aliphatic carbocycles. The van der Waals surface area contributed by atoms with E-state index < -0.39 is 0 Å². The van der Waals surface area contributed by atoms with Gasteiger partial charge in [-0.2, -0.15) is 0 Å². The molecule has 0 aromatic heterocycles. The van der Waals surface area contributed by atoms with Crippen LogP contribution >= 0.6 is 15.9 Å². The molecule has 1 heterocycles. The largest absolute Gasteiger partial charge is 0.292 e. The fraction of sp³-hybridized carbons (Fsp3) is 0.333. The standard InChI is InChI=1S/C18H20BrN/c19-17-11-9-16(10-12-17)18-8-4-5-13-20(18)14-15-6-2-1-3-7-15/h1-3,6-7,9-12,18H,4-5,8,13-14H2. The normalized spacial score (nSPS) is 19.9. The number of piperidine rings is 1. The van der Waals surface area contributed by atoms with E-state index in [0.717, 1.165) is 11.0 Å². The topological polar surface area (TPSA) is 3.24 Å². The number of rotatable bonds is 3. The van der Waals surface area contributed by atoms with E-state index in [2.05, 4.69) is 75.4 Å². The van der Waals surface area contributed by atoms with E-state index in [9.17, 15) is 0 Å². The van der Waals surface area contributed by atoms with Gasteiger partial charge in [0.05, 0.1) is 0 Å². The molecule has 0 amide bonds. The number of hydrogen-bond acceptors (Lipinski definition) is 1. The second kappa shape index (κ2) is 6.55. The van der Waals surface area contributed by atoms with Gasteiger partial charge >= 0.3 is 0 Å². The first-order chi connectivity index (χ1) is 9.83. The van der Waals surface area contributed by atoms with Gasteiger partial charge in [-0.1, -0.05) is 64.8 Å². The minimum absolute atomic E-state index is 0.567. The van der Waals surface area contributed by atoms with Gasteiger partial charge in [0.15, 0.2) is 0 Å². The van der Waals surface area contributed by atoms with Crippen LogP contribution in [0.1, 0.15) is 36.4 Å². The van der Waals surface area contributed by atoms with Crippen molar-refractivity contribution in [3.63, 3.8) is 0 Å². The van der Waals surface area contributed by atoms with Crippen LogP contribution < -0.4 is 0 Å². The molecule has 1 unspecified atom stereocenters. The van der Waals surface area contributed by atoms with Crippen LogP contribution in [0.4, 0.5) is 0 Å². The highest BCUT2D eigenvalue weighted by Gasteiger charge is 2.23. The Labute approximate surface area is 129 Å². The number of benzene rings is 2. The molecule has 1 aliphatic heterocycles. The SMILES string of the molecule is Brc1ccc(C2CCCCN2Cc2ccccc2)cc1. The number of hydrogen-bond donors (Lipinski definition) is 0. The maximum atomic E-state index is 3.52. The van der Waals surface area contributed by atoms with Gasteiger partial charge in [0.1, 0.15) is 0 Å². The van der Waals surface area contributed by atoms with Crippen LogP contribution in [0.2, 0.25) is 0 Å². The number of halogens is 1. The van der Waals surface area contributed by atoms with Crippen molar-refractivity contribution in [2.24, 2.45) is 0 Å². The van der Waals surface area contributed by atoms with Crippen molar-refractivity contribution in [2.45, 2.75) is 31.8 Å². The summed E-state index contributed by atoms with van der Waals surface area (Å²) < 4.78 is 1.16. The van der Waals surface area contributed by atoms with Gasteiger partial charge < -0.3 is 0 Å². The Hall–Kier alpha value is -1.12. The lowest BCUT2D eigenvalue weighted by Gasteiger charge is -2.36. The summed E-state index contributed by atoms with van der Waals surface area (Å²) in [6.45, 7) is 2.26. The molecule has 3 rings (SSSR count). The third-order valence-electron chi connectivity index (χ3n) is 4.10. The smallest absolute Gasteiger partial charge is 0.0351 e. The predicted octanol–water partition coefficient (Wildman–Crippen LogP) is 5.18. The van der Waals surface area contributed by atoms with E-state index >= 15 is 0 Å². The van der Waals surface area contributed by atoms with E-state index in [-0.39, 0.29) is 0 Å². The van der Waals surface area contributed by atoms with Crippen LogP contribution in [-0.2, 0) is 6.54 Å². The van der Waals surface area contributed by atoms with Crippen molar-refractivity contribution in [3.05, 3.63) is 70.2 Å². The zero-order chi connectivity index (χ0) is 13.8. The summed E-state index contributed by atoms with van der Waals surface area (Å²) in [6.07, 6.45) is 3.93. The van der Waals surface area contributed by atoms with Crippen LogP contribution in [0.25, 0.3) is 0 Å². The van der Waals surface area contributed by atoms with Gasteiger partial charge in [0, 0.05) is 17.1 Å². The molecule has 2 heteroatoms. The van der Waals surface area contributed by atoms with E-state index in [0.29, 0.717) is 6.04 Å². The third-order valence-corrected chi connectivity index (χ3v) is 4.63. The molecule has 20 heavy (non-hydrogen) atoms. The fourth-order valence-corrected chi connectivity index (χ4v) is 3.32. The molecule has 2 aromatic carbocycles. The van der Waals surface area contributed by atoms with Gasteiger partial charge in [-0.3, -0.25) is 4.90 Å². The Morgan fingerprint density at radius 1 is 0.950 bits per heavy atom. The van der Waals surface area contributed by atoms with Gasteiger partial charge in [-0.15, -0.1) is 0 Å². The molecule has 0 saturated carbocycles. The summed E-state index contributed by atoms with van der Waals surface area (Å²) >= 11 is 3.52. The zero-order valence-electron chi connectivity index (χ0n) is 11.6.